The first-order valence-corrected chi connectivity index (χ1v) is 7.55. The Morgan fingerprint density at radius 1 is 1.09 bits per heavy atom. The van der Waals surface area contributed by atoms with Gasteiger partial charge < -0.3 is 9.47 Å². The largest absolute Gasteiger partial charge is 0.490 e. The number of hydrogen-bond donors (Lipinski definition) is 1. The molecule has 1 amide bonds. The van der Waals surface area contributed by atoms with E-state index in [1.54, 1.807) is 24.3 Å². The van der Waals surface area contributed by atoms with Crippen LogP contribution in [0.5, 0.6) is 5.75 Å². The van der Waals surface area contributed by atoms with Crippen molar-refractivity contribution in [1.82, 2.24) is 0 Å². The lowest BCUT2D eigenvalue weighted by Gasteiger charge is -2.16. The Balaban J connectivity index is 1.81. The van der Waals surface area contributed by atoms with Gasteiger partial charge in [-0.1, -0.05) is 29.8 Å². The lowest BCUT2D eigenvalue weighted by atomic mass is 10.3. The molecular weight excluding hydrogens is 325 g/mol. The van der Waals surface area contributed by atoms with Crippen molar-refractivity contribution in [3.8, 4) is 5.75 Å². The van der Waals surface area contributed by atoms with Crippen molar-refractivity contribution in [3.05, 3.63) is 59.6 Å². The number of alkyl halides is 1. The summed E-state index contributed by atoms with van der Waals surface area (Å²) in [5, 5.41) is 3.19. The fourth-order valence-corrected chi connectivity index (χ4v) is 1.93. The molecule has 1 unspecified atom stereocenters. The van der Waals surface area contributed by atoms with Gasteiger partial charge in [-0.25, -0.2) is 4.79 Å². The molecule has 2 aromatic rings. The van der Waals surface area contributed by atoms with Gasteiger partial charge in [0, 0.05) is 10.7 Å². The predicted molar refractivity (Wildman–Crippen MR) is 88.0 cm³/mol. The highest BCUT2D eigenvalue weighted by Crippen LogP contribution is 2.14. The number of para-hydroxylation sites is 1. The molecule has 1 atom stereocenters. The van der Waals surface area contributed by atoms with Crippen molar-refractivity contribution in [2.75, 3.05) is 17.8 Å². The summed E-state index contributed by atoms with van der Waals surface area (Å²) in [5.74, 6) is 0.834. The molecule has 0 saturated carbocycles. The van der Waals surface area contributed by atoms with Crippen molar-refractivity contribution >= 4 is 35.0 Å². The number of amides is 1. The molecule has 0 radical (unpaired) electrons. The number of ether oxygens (including phenoxy) is 2. The molecule has 2 aromatic carbocycles. The summed E-state index contributed by atoms with van der Waals surface area (Å²) < 4.78 is 10.7. The zero-order chi connectivity index (χ0) is 15.8. The molecule has 22 heavy (non-hydrogen) atoms. The number of rotatable bonds is 6. The molecular formula is C16H15Cl2NO3. The highest BCUT2D eigenvalue weighted by atomic mass is 35.5. The number of anilines is 1. The highest BCUT2D eigenvalue weighted by molar-refractivity contribution is 6.30. The van der Waals surface area contributed by atoms with Crippen LogP contribution in [0.4, 0.5) is 10.5 Å². The molecule has 116 valence electrons. The van der Waals surface area contributed by atoms with Gasteiger partial charge in [-0.05, 0) is 36.4 Å². The summed E-state index contributed by atoms with van der Waals surface area (Å²) in [7, 11) is 0. The van der Waals surface area contributed by atoms with E-state index in [0.717, 1.165) is 0 Å². The third-order valence-corrected chi connectivity index (χ3v) is 3.31. The maximum absolute atomic E-state index is 11.8. The molecule has 0 aliphatic heterocycles. The van der Waals surface area contributed by atoms with E-state index in [-0.39, 0.29) is 12.5 Å². The second-order valence-corrected chi connectivity index (χ2v) is 5.18. The van der Waals surface area contributed by atoms with Crippen LogP contribution < -0.4 is 10.1 Å². The fourth-order valence-electron chi connectivity index (χ4n) is 1.65. The zero-order valence-electron chi connectivity index (χ0n) is 11.7. The quantitative estimate of drug-likeness (QED) is 0.784. The average molecular weight is 340 g/mol. The van der Waals surface area contributed by atoms with Crippen LogP contribution in [0.3, 0.4) is 0 Å². The summed E-state index contributed by atoms with van der Waals surface area (Å²) in [5.41, 5.74) is 0.590. The topological polar surface area (TPSA) is 47.6 Å². The number of halogens is 2. The van der Waals surface area contributed by atoms with E-state index in [1.807, 2.05) is 30.3 Å². The van der Waals surface area contributed by atoms with Gasteiger partial charge in [0.25, 0.3) is 0 Å². The Labute approximate surface area is 138 Å². The number of carbonyl (C=O) groups excluding carboxylic acids is 1. The van der Waals surface area contributed by atoms with Gasteiger partial charge in [0.05, 0.1) is 5.88 Å². The SMILES string of the molecule is O=C(Nc1ccc(Cl)cc1)OC(CCl)COc1ccccc1. The van der Waals surface area contributed by atoms with Crippen molar-refractivity contribution < 1.29 is 14.3 Å². The summed E-state index contributed by atoms with van der Waals surface area (Å²) in [6.07, 6.45) is -1.14. The highest BCUT2D eigenvalue weighted by Gasteiger charge is 2.14. The van der Waals surface area contributed by atoms with Crippen molar-refractivity contribution in [3.63, 3.8) is 0 Å². The fraction of sp³-hybridized carbons (Fsp3) is 0.188. The Kier molecular flexibility index (Phi) is 6.37. The molecule has 0 heterocycles. The molecule has 2 rings (SSSR count). The first-order valence-electron chi connectivity index (χ1n) is 6.64. The number of nitrogens with one attached hydrogen (secondary N) is 1. The van der Waals surface area contributed by atoms with E-state index >= 15 is 0 Å². The standard InChI is InChI=1S/C16H15Cl2NO3/c17-10-15(11-21-14-4-2-1-3-5-14)22-16(20)19-13-8-6-12(18)7-9-13/h1-9,15H,10-11H2,(H,19,20). The molecule has 6 heteroatoms. The summed E-state index contributed by atoms with van der Waals surface area (Å²) in [4.78, 5) is 11.8. The number of carbonyl (C=O) groups is 1. The third kappa shape index (κ3) is 5.47. The van der Waals surface area contributed by atoms with Crippen LogP contribution in [0.25, 0.3) is 0 Å². The number of hydrogen-bond acceptors (Lipinski definition) is 3. The second-order valence-electron chi connectivity index (χ2n) is 4.44. The molecule has 0 spiro atoms. The minimum absolute atomic E-state index is 0.140. The van der Waals surface area contributed by atoms with E-state index in [0.29, 0.717) is 16.5 Å². The van der Waals surface area contributed by atoms with Gasteiger partial charge in [-0.3, -0.25) is 5.32 Å². The molecule has 0 fully saturated rings. The van der Waals surface area contributed by atoms with Gasteiger partial charge in [0.15, 0.2) is 6.10 Å². The second kappa shape index (κ2) is 8.51. The molecule has 0 aliphatic rings. The Morgan fingerprint density at radius 2 is 1.77 bits per heavy atom. The van der Waals surface area contributed by atoms with Gasteiger partial charge in [0.1, 0.15) is 12.4 Å². The lowest BCUT2D eigenvalue weighted by Crippen LogP contribution is -2.29. The van der Waals surface area contributed by atoms with Crippen molar-refractivity contribution in [2.24, 2.45) is 0 Å². The molecule has 4 nitrogen and oxygen atoms in total. The van der Waals surface area contributed by atoms with Crippen LogP contribution in [-0.2, 0) is 4.74 Å². The molecule has 0 bridgehead atoms. The summed E-state index contributed by atoms with van der Waals surface area (Å²) in [6, 6.07) is 16.0. The van der Waals surface area contributed by atoms with E-state index in [4.69, 9.17) is 32.7 Å². The van der Waals surface area contributed by atoms with Crippen molar-refractivity contribution in [1.29, 1.82) is 0 Å². The molecule has 1 N–H and O–H groups in total. The maximum atomic E-state index is 11.8. The third-order valence-electron chi connectivity index (χ3n) is 2.72. The Hall–Kier alpha value is -1.91. The normalized spacial score (nSPS) is 11.5. The first kappa shape index (κ1) is 16.5. The van der Waals surface area contributed by atoms with Crippen LogP contribution in [0.15, 0.2) is 54.6 Å². The minimum atomic E-state index is -0.593. The van der Waals surface area contributed by atoms with Gasteiger partial charge in [0.2, 0.25) is 0 Å². The molecule has 0 saturated heterocycles. The average Bonchev–Trinajstić information content (AvgIpc) is 2.54. The summed E-state index contributed by atoms with van der Waals surface area (Å²) >= 11 is 11.6. The summed E-state index contributed by atoms with van der Waals surface area (Å²) in [6.45, 7) is 0.182. The van der Waals surface area contributed by atoms with E-state index in [1.165, 1.54) is 0 Å². The monoisotopic (exact) mass is 339 g/mol. The Morgan fingerprint density at radius 3 is 2.41 bits per heavy atom. The molecule has 0 aromatic heterocycles. The zero-order valence-corrected chi connectivity index (χ0v) is 13.2. The van der Waals surface area contributed by atoms with Crippen molar-refractivity contribution in [2.45, 2.75) is 6.10 Å². The van der Waals surface area contributed by atoms with Crippen LogP contribution >= 0.6 is 23.2 Å². The smallest absolute Gasteiger partial charge is 0.412 e. The van der Waals surface area contributed by atoms with E-state index in [9.17, 15) is 4.79 Å². The Bertz CT molecular complexity index is 590. The minimum Gasteiger partial charge on any atom is -0.490 e. The lowest BCUT2D eigenvalue weighted by molar-refractivity contribution is 0.0875. The van der Waals surface area contributed by atoms with Crippen LogP contribution in [0, 0.1) is 0 Å². The van der Waals surface area contributed by atoms with Crippen LogP contribution in [0.2, 0.25) is 5.02 Å². The number of benzene rings is 2. The van der Waals surface area contributed by atoms with E-state index in [2.05, 4.69) is 5.32 Å². The molecule has 0 aliphatic carbocycles. The van der Waals surface area contributed by atoms with Gasteiger partial charge in [-0.15, -0.1) is 11.6 Å². The van der Waals surface area contributed by atoms with Gasteiger partial charge >= 0.3 is 6.09 Å². The van der Waals surface area contributed by atoms with Crippen LogP contribution in [-0.4, -0.2) is 24.7 Å². The van der Waals surface area contributed by atoms with Gasteiger partial charge in [-0.2, -0.15) is 0 Å². The predicted octanol–water partition coefficient (Wildman–Crippen LogP) is 4.57. The van der Waals surface area contributed by atoms with Crippen LogP contribution in [0.1, 0.15) is 0 Å². The first-order chi connectivity index (χ1) is 10.7. The van der Waals surface area contributed by atoms with E-state index < -0.39 is 12.2 Å². The maximum Gasteiger partial charge on any atom is 0.412 e.